The number of carbonyl (C=O) groups is 1. The molecule has 0 spiro atoms. The minimum atomic E-state index is -3.90. The minimum absolute atomic E-state index is 0.0435. The zero-order valence-electron chi connectivity index (χ0n) is 9.71. The van der Waals surface area contributed by atoms with E-state index in [1.54, 1.807) is 4.90 Å². The molecule has 0 aliphatic carbocycles. The lowest BCUT2D eigenvalue weighted by Crippen LogP contribution is -2.49. The standard InChI is InChI=1S/C9H19N3O4S/c10-2-1-9(13)12-5-3-11(4-6-12)7-8-17(14,15)16/h1-8,10H2,(H,14,15,16). The Hall–Kier alpha value is -0.700. The van der Waals surface area contributed by atoms with Gasteiger partial charge in [0.15, 0.2) is 0 Å². The first-order valence-electron chi connectivity index (χ1n) is 5.58. The van der Waals surface area contributed by atoms with Crippen molar-refractivity contribution in [3.05, 3.63) is 0 Å². The van der Waals surface area contributed by atoms with Crippen LogP contribution in [-0.2, 0) is 14.9 Å². The van der Waals surface area contributed by atoms with Crippen LogP contribution in [0, 0.1) is 0 Å². The van der Waals surface area contributed by atoms with E-state index in [1.807, 2.05) is 4.90 Å². The summed E-state index contributed by atoms with van der Waals surface area (Å²) in [6.45, 7) is 3.09. The van der Waals surface area contributed by atoms with Crippen LogP contribution in [0.2, 0.25) is 0 Å². The molecule has 7 nitrogen and oxygen atoms in total. The summed E-state index contributed by atoms with van der Waals surface area (Å²) in [5.41, 5.74) is 5.31. The third-order valence-corrected chi connectivity index (χ3v) is 3.45. The van der Waals surface area contributed by atoms with Gasteiger partial charge in [0.05, 0.1) is 5.75 Å². The molecule has 1 aliphatic heterocycles. The molecule has 0 atom stereocenters. The molecule has 1 fully saturated rings. The molecule has 1 saturated heterocycles. The summed E-state index contributed by atoms with van der Waals surface area (Å²) in [5, 5.41) is 0. The van der Waals surface area contributed by atoms with Crippen molar-refractivity contribution in [3.8, 4) is 0 Å². The second-order valence-electron chi connectivity index (χ2n) is 4.05. The van der Waals surface area contributed by atoms with Crippen molar-refractivity contribution in [2.75, 3.05) is 45.0 Å². The van der Waals surface area contributed by atoms with E-state index in [9.17, 15) is 13.2 Å². The average molecular weight is 265 g/mol. The summed E-state index contributed by atoms with van der Waals surface area (Å²) in [4.78, 5) is 15.2. The molecule has 1 amide bonds. The van der Waals surface area contributed by atoms with Crippen LogP contribution in [0.5, 0.6) is 0 Å². The molecule has 3 N–H and O–H groups in total. The van der Waals surface area contributed by atoms with Crippen molar-refractivity contribution < 1.29 is 17.8 Å². The van der Waals surface area contributed by atoms with Crippen molar-refractivity contribution >= 4 is 16.0 Å². The smallest absolute Gasteiger partial charge is 0.266 e. The Balaban J connectivity index is 2.28. The lowest BCUT2D eigenvalue weighted by atomic mass is 10.3. The Bertz CT molecular complexity index is 349. The summed E-state index contributed by atoms with van der Waals surface area (Å²) >= 11 is 0. The lowest BCUT2D eigenvalue weighted by molar-refractivity contribution is -0.132. The van der Waals surface area contributed by atoms with Crippen molar-refractivity contribution in [3.63, 3.8) is 0 Å². The van der Waals surface area contributed by atoms with Gasteiger partial charge in [-0.05, 0) is 0 Å². The van der Waals surface area contributed by atoms with Gasteiger partial charge >= 0.3 is 0 Å². The van der Waals surface area contributed by atoms with Gasteiger partial charge in [0, 0.05) is 45.7 Å². The van der Waals surface area contributed by atoms with Gasteiger partial charge < -0.3 is 10.6 Å². The van der Waals surface area contributed by atoms with E-state index >= 15 is 0 Å². The van der Waals surface area contributed by atoms with Crippen LogP contribution in [0.1, 0.15) is 6.42 Å². The molecule has 17 heavy (non-hydrogen) atoms. The maximum Gasteiger partial charge on any atom is 0.266 e. The molecule has 0 aromatic carbocycles. The molecular weight excluding hydrogens is 246 g/mol. The third-order valence-electron chi connectivity index (χ3n) is 2.75. The van der Waals surface area contributed by atoms with Crippen LogP contribution < -0.4 is 5.73 Å². The zero-order valence-corrected chi connectivity index (χ0v) is 10.5. The highest BCUT2D eigenvalue weighted by atomic mass is 32.2. The van der Waals surface area contributed by atoms with Crippen LogP contribution >= 0.6 is 0 Å². The Morgan fingerprint density at radius 2 is 1.82 bits per heavy atom. The van der Waals surface area contributed by atoms with Gasteiger partial charge in [-0.15, -0.1) is 0 Å². The fourth-order valence-corrected chi connectivity index (χ4v) is 2.24. The first-order valence-corrected chi connectivity index (χ1v) is 7.18. The van der Waals surface area contributed by atoms with Crippen LogP contribution in [0.25, 0.3) is 0 Å². The summed E-state index contributed by atoms with van der Waals surface area (Å²) in [7, 11) is -3.90. The molecule has 1 aliphatic rings. The number of hydrogen-bond donors (Lipinski definition) is 2. The average Bonchev–Trinajstić information content (AvgIpc) is 2.26. The maximum absolute atomic E-state index is 11.5. The molecule has 0 aromatic rings. The van der Waals surface area contributed by atoms with Crippen molar-refractivity contribution in [2.24, 2.45) is 5.73 Å². The Labute approximate surface area is 101 Å². The number of nitrogens with zero attached hydrogens (tertiary/aromatic N) is 2. The molecule has 1 heterocycles. The topological polar surface area (TPSA) is 104 Å². The summed E-state index contributed by atoms with van der Waals surface area (Å²) in [5.74, 6) is -0.217. The first-order chi connectivity index (χ1) is 7.92. The third kappa shape index (κ3) is 5.44. The Morgan fingerprint density at radius 1 is 1.24 bits per heavy atom. The molecule has 8 heteroatoms. The van der Waals surface area contributed by atoms with Gasteiger partial charge in [0.1, 0.15) is 0 Å². The predicted molar refractivity (Wildman–Crippen MR) is 63.1 cm³/mol. The highest BCUT2D eigenvalue weighted by Gasteiger charge is 2.21. The highest BCUT2D eigenvalue weighted by Crippen LogP contribution is 2.03. The van der Waals surface area contributed by atoms with E-state index in [0.717, 1.165) is 0 Å². The monoisotopic (exact) mass is 265 g/mol. The quantitative estimate of drug-likeness (QED) is 0.578. The van der Waals surface area contributed by atoms with Crippen LogP contribution in [-0.4, -0.2) is 73.7 Å². The summed E-state index contributed by atoms with van der Waals surface area (Å²) in [6, 6.07) is 0. The fraction of sp³-hybridized carbons (Fsp3) is 0.889. The molecule has 0 radical (unpaired) electrons. The summed E-state index contributed by atoms with van der Waals surface area (Å²) in [6.07, 6.45) is 0.352. The lowest BCUT2D eigenvalue weighted by Gasteiger charge is -2.34. The van der Waals surface area contributed by atoms with Gasteiger partial charge in [-0.3, -0.25) is 14.2 Å². The number of hydrogen-bond acceptors (Lipinski definition) is 5. The van der Waals surface area contributed by atoms with Gasteiger partial charge in [0.2, 0.25) is 5.91 Å². The van der Waals surface area contributed by atoms with Gasteiger partial charge in [0.25, 0.3) is 10.1 Å². The van der Waals surface area contributed by atoms with E-state index in [4.69, 9.17) is 10.3 Å². The van der Waals surface area contributed by atoms with Gasteiger partial charge in [-0.25, -0.2) is 0 Å². The van der Waals surface area contributed by atoms with Gasteiger partial charge in [-0.1, -0.05) is 0 Å². The number of amides is 1. The van der Waals surface area contributed by atoms with Gasteiger partial charge in [-0.2, -0.15) is 8.42 Å². The zero-order chi connectivity index (χ0) is 12.9. The second-order valence-corrected chi connectivity index (χ2v) is 5.62. The predicted octanol–water partition coefficient (Wildman–Crippen LogP) is -1.63. The largest absolute Gasteiger partial charge is 0.340 e. The molecule has 1 rings (SSSR count). The Kier molecular flexibility index (Phi) is 5.31. The van der Waals surface area contributed by atoms with Crippen LogP contribution in [0.3, 0.4) is 0 Å². The highest BCUT2D eigenvalue weighted by molar-refractivity contribution is 7.85. The number of nitrogens with two attached hydrogens (primary N) is 1. The molecule has 0 saturated carbocycles. The van der Waals surface area contributed by atoms with Crippen molar-refractivity contribution in [1.82, 2.24) is 9.80 Å². The SMILES string of the molecule is NCCC(=O)N1CCN(CCS(=O)(=O)O)CC1. The molecule has 100 valence electrons. The maximum atomic E-state index is 11.5. The van der Waals surface area contributed by atoms with Crippen LogP contribution in [0.4, 0.5) is 0 Å². The molecule has 0 bridgehead atoms. The van der Waals surface area contributed by atoms with E-state index in [-0.39, 0.29) is 11.7 Å². The number of rotatable bonds is 5. The van der Waals surface area contributed by atoms with E-state index < -0.39 is 10.1 Å². The number of piperazine rings is 1. The molecular formula is C9H19N3O4S. The van der Waals surface area contributed by atoms with E-state index in [2.05, 4.69) is 0 Å². The minimum Gasteiger partial charge on any atom is -0.340 e. The van der Waals surface area contributed by atoms with Crippen LogP contribution in [0.15, 0.2) is 0 Å². The van der Waals surface area contributed by atoms with Crippen molar-refractivity contribution in [1.29, 1.82) is 0 Å². The normalized spacial score (nSPS) is 18.4. The molecule has 0 aromatic heterocycles. The second kappa shape index (κ2) is 6.29. The fourth-order valence-electron chi connectivity index (χ4n) is 1.75. The molecule has 0 unspecified atom stereocenters. The first kappa shape index (κ1) is 14.4. The van der Waals surface area contributed by atoms with E-state index in [1.165, 1.54) is 0 Å². The Morgan fingerprint density at radius 3 is 2.29 bits per heavy atom. The van der Waals surface area contributed by atoms with E-state index in [0.29, 0.717) is 45.7 Å². The van der Waals surface area contributed by atoms with Crippen molar-refractivity contribution in [2.45, 2.75) is 6.42 Å². The summed E-state index contributed by atoms with van der Waals surface area (Å²) < 4.78 is 29.8. The number of carbonyl (C=O) groups excluding carboxylic acids is 1.